The Morgan fingerprint density at radius 1 is 1.04 bits per heavy atom. The van der Waals surface area contributed by atoms with Crippen LogP contribution in [0.3, 0.4) is 0 Å². The number of aryl methyl sites for hydroxylation is 1. The number of aromatic nitrogens is 4. The predicted octanol–water partition coefficient (Wildman–Crippen LogP) is 1.49. The van der Waals surface area contributed by atoms with Crippen molar-refractivity contribution >= 4 is 17.2 Å². The lowest BCUT2D eigenvalue weighted by molar-refractivity contribution is 0.0621. The highest BCUT2D eigenvalue weighted by atomic mass is 32.1. The molecule has 2 aliphatic rings. The number of piperazine rings is 1. The molecule has 0 bridgehead atoms. The molecule has 2 fully saturated rings. The van der Waals surface area contributed by atoms with Crippen LogP contribution in [0.2, 0.25) is 0 Å². The molecule has 0 N–H and O–H groups in total. The van der Waals surface area contributed by atoms with Crippen LogP contribution < -0.4 is 0 Å². The van der Waals surface area contributed by atoms with Crippen LogP contribution in [0.4, 0.5) is 0 Å². The number of amides is 1. The van der Waals surface area contributed by atoms with E-state index < -0.39 is 0 Å². The number of hydrogen-bond donors (Lipinski definition) is 0. The first-order chi connectivity index (χ1) is 13.7. The van der Waals surface area contributed by atoms with Gasteiger partial charge >= 0.3 is 0 Å². The van der Waals surface area contributed by atoms with Crippen LogP contribution in [0.25, 0.3) is 0 Å². The van der Waals surface area contributed by atoms with Gasteiger partial charge in [0.25, 0.3) is 5.91 Å². The molecule has 0 aromatic carbocycles. The zero-order valence-corrected chi connectivity index (χ0v) is 17.4. The van der Waals surface area contributed by atoms with Crippen molar-refractivity contribution in [3.63, 3.8) is 0 Å². The Hall–Kier alpha value is -1.84. The van der Waals surface area contributed by atoms with Crippen LogP contribution in [0.1, 0.15) is 40.5 Å². The lowest BCUT2D eigenvalue weighted by atomic mass is 10.1. The van der Waals surface area contributed by atoms with E-state index in [9.17, 15) is 4.79 Å². The Morgan fingerprint density at radius 2 is 1.82 bits per heavy atom. The molecule has 2 aromatic rings. The first-order valence-electron chi connectivity index (χ1n) is 10.2. The average molecular weight is 404 g/mol. The maximum Gasteiger partial charge on any atom is 0.276 e. The summed E-state index contributed by atoms with van der Waals surface area (Å²) in [6, 6.07) is 0. The Bertz CT molecular complexity index is 775. The van der Waals surface area contributed by atoms with Crippen molar-refractivity contribution < 1.29 is 4.79 Å². The van der Waals surface area contributed by atoms with Crippen LogP contribution in [0.5, 0.6) is 0 Å². The largest absolute Gasteiger partial charge is 0.335 e. The van der Waals surface area contributed by atoms with Crippen molar-refractivity contribution in [2.45, 2.75) is 39.3 Å². The molecule has 1 amide bonds. The molecule has 0 aliphatic carbocycles. The Kier molecular flexibility index (Phi) is 6.33. The smallest absolute Gasteiger partial charge is 0.276 e. The number of rotatable bonds is 6. The third-order valence-electron chi connectivity index (χ3n) is 5.56. The highest BCUT2D eigenvalue weighted by Crippen LogP contribution is 2.13. The van der Waals surface area contributed by atoms with E-state index in [0.717, 1.165) is 56.5 Å². The summed E-state index contributed by atoms with van der Waals surface area (Å²) in [5.74, 6) is -0.00613. The number of thiazole rings is 1. The van der Waals surface area contributed by atoms with Crippen LogP contribution in [0.15, 0.2) is 11.6 Å². The van der Waals surface area contributed by atoms with Crippen LogP contribution >= 0.6 is 11.3 Å². The van der Waals surface area contributed by atoms with E-state index in [0.29, 0.717) is 5.69 Å². The summed E-state index contributed by atoms with van der Waals surface area (Å²) in [4.78, 5) is 24.0. The van der Waals surface area contributed by atoms with E-state index in [1.54, 1.807) is 17.5 Å². The van der Waals surface area contributed by atoms with Gasteiger partial charge in [-0.15, -0.1) is 16.4 Å². The maximum absolute atomic E-state index is 12.8. The third kappa shape index (κ3) is 4.95. The minimum atomic E-state index is -0.00613. The maximum atomic E-state index is 12.8. The number of carbonyl (C=O) groups is 1. The summed E-state index contributed by atoms with van der Waals surface area (Å²) in [6.07, 6.45) is 5.72. The van der Waals surface area contributed by atoms with Crippen LogP contribution in [0, 0.1) is 6.92 Å². The molecule has 2 saturated heterocycles. The first-order valence-corrected chi connectivity index (χ1v) is 11.1. The molecule has 0 saturated carbocycles. The molecule has 0 atom stereocenters. The van der Waals surface area contributed by atoms with Gasteiger partial charge in [0.15, 0.2) is 5.69 Å². The van der Waals surface area contributed by atoms with Gasteiger partial charge in [0, 0.05) is 44.6 Å². The van der Waals surface area contributed by atoms with E-state index in [4.69, 9.17) is 0 Å². The number of likely N-dealkylation sites (tertiary alicyclic amines) is 1. The second-order valence-corrected chi connectivity index (χ2v) is 8.76. The summed E-state index contributed by atoms with van der Waals surface area (Å²) < 4.78 is 1.81. The van der Waals surface area contributed by atoms with Gasteiger partial charge in [-0.05, 0) is 32.9 Å². The average Bonchev–Trinajstić information content (AvgIpc) is 3.36. The van der Waals surface area contributed by atoms with Gasteiger partial charge in [0.1, 0.15) is 0 Å². The second-order valence-electron chi connectivity index (χ2n) is 7.70. The van der Waals surface area contributed by atoms with Crippen molar-refractivity contribution in [1.29, 1.82) is 0 Å². The van der Waals surface area contributed by atoms with Gasteiger partial charge in [0.2, 0.25) is 0 Å². The molecule has 152 valence electrons. The first kappa shape index (κ1) is 19.5. The summed E-state index contributed by atoms with van der Waals surface area (Å²) in [5, 5.41) is 11.5. The zero-order chi connectivity index (χ0) is 19.3. The molecule has 0 unspecified atom stereocenters. The Morgan fingerprint density at radius 3 is 2.54 bits per heavy atom. The molecule has 9 heteroatoms. The van der Waals surface area contributed by atoms with Gasteiger partial charge in [-0.25, -0.2) is 4.98 Å². The van der Waals surface area contributed by atoms with Gasteiger partial charge in [-0.2, -0.15) is 0 Å². The van der Waals surface area contributed by atoms with E-state index in [1.807, 2.05) is 16.5 Å². The van der Waals surface area contributed by atoms with Crippen molar-refractivity contribution in [1.82, 2.24) is 34.7 Å². The Balaban J connectivity index is 1.24. The van der Waals surface area contributed by atoms with Gasteiger partial charge in [-0.3, -0.25) is 14.4 Å². The molecule has 0 spiro atoms. The molecular weight excluding hydrogens is 374 g/mol. The molecule has 8 nitrogen and oxygen atoms in total. The molecule has 4 rings (SSSR count). The minimum absolute atomic E-state index is 0.00613. The van der Waals surface area contributed by atoms with Crippen molar-refractivity contribution in [3.05, 3.63) is 28.0 Å². The lowest BCUT2D eigenvalue weighted by Gasteiger charge is -2.33. The van der Waals surface area contributed by atoms with Crippen LogP contribution in [-0.4, -0.2) is 86.4 Å². The predicted molar refractivity (Wildman–Crippen MR) is 108 cm³/mol. The minimum Gasteiger partial charge on any atom is -0.335 e. The standard InChI is InChI=1S/C19H29N7OS/c1-16-20-17(15-28-16)13-24-7-10-25(11-8-24)19(27)18-14-26(22-21-18)12-9-23-5-3-2-4-6-23/h14-15H,2-13H2,1H3. The van der Waals surface area contributed by atoms with Crippen molar-refractivity contribution in [2.75, 3.05) is 45.8 Å². The summed E-state index contributed by atoms with van der Waals surface area (Å²) in [6.45, 7) is 10.2. The SMILES string of the molecule is Cc1nc(CN2CCN(C(=O)c3cn(CCN4CCCCC4)nn3)CC2)cs1. The van der Waals surface area contributed by atoms with E-state index in [1.165, 1.54) is 32.4 Å². The van der Waals surface area contributed by atoms with Gasteiger partial charge < -0.3 is 9.80 Å². The molecular formula is C19H29N7OS. The van der Waals surface area contributed by atoms with E-state index >= 15 is 0 Å². The summed E-state index contributed by atoms with van der Waals surface area (Å²) >= 11 is 1.69. The Labute approximate surface area is 170 Å². The highest BCUT2D eigenvalue weighted by Gasteiger charge is 2.24. The normalized spacial score (nSPS) is 19.2. The van der Waals surface area contributed by atoms with Gasteiger partial charge in [-0.1, -0.05) is 11.6 Å². The number of carbonyl (C=O) groups excluding carboxylic acids is 1. The van der Waals surface area contributed by atoms with Crippen molar-refractivity contribution in [3.8, 4) is 0 Å². The fourth-order valence-corrected chi connectivity index (χ4v) is 4.52. The fraction of sp³-hybridized carbons (Fsp3) is 0.684. The zero-order valence-electron chi connectivity index (χ0n) is 16.6. The van der Waals surface area contributed by atoms with Crippen LogP contribution in [-0.2, 0) is 13.1 Å². The summed E-state index contributed by atoms with van der Waals surface area (Å²) in [7, 11) is 0. The highest BCUT2D eigenvalue weighted by molar-refractivity contribution is 7.09. The van der Waals surface area contributed by atoms with E-state index in [2.05, 4.69) is 30.5 Å². The number of piperidine rings is 1. The molecule has 0 radical (unpaired) electrons. The number of hydrogen-bond acceptors (Lipinski definition) is 7. The van der Waals surface area contributed by atoms with Gasteiger partial charge in [0.05, 0.1) is 23.4 Å². The number of nitrogens with zero attached hydrogens (tertiary/aromatic N) is 7. The molecule has 4 heterocycles. The fourth-order valence-electron chi connectivity index (χ4n) is 3.91. The third-order valence-corrected chi connectivity index (χ3v) is 6.39. The topological polar surface area (TPSA) is 70.4 Å². The molecule has 2 aliphatic heterocycles. The quantitative estimate of drug-likeness (QED) is 0.728. The second kappa shape index (κ2) is 9.11. The monoisotopic (exact) mass is 403 g/mol. The van der Waals surface area contributed by atoms with E-state index in [-0.39, 0.29) is 5.91 Å². The summed E-state index contributed by atoms with van der Waals surface area (Å²) in [5.41, 5.74) is 1.58. The molecule has 28 heavy (non-hydrogen) atoms. The molecule has 2 aromatic heterocycles. The lowest BCUT2D eigenvalue weighted by Crippen LogP contribution is -2.48. The van der Waals surface area contributed by atoms with Crippen molar-refractivity contribution in [2.24, 2.45) is 0 Å².